The zero-order chi connectivity index (χ0) is 16.2. The summed E-state index contributed by atoms with van der Waals surface area (Å²) in [7, 11) is 0. The molecule has 1 amide bonds. The molecular weight excluding hydrogens is 294 g/mol. The number of nitrogens with one attached hydrogen (secondary N) is 1. The Balaban J connectivity index is 1.60. The van der Waals surface area contributed by atoms with E-state index < -0.39 is 0 Å². The van der Waals surface area contributed by atoms with Gasteiger partial charge in [0.15, 0.2) is 11.5 Å². The summed E-state index contributed by atoms with van der Waals surface area (Å²) in [4.78, 5) is 14.7. The van der Waals surface area contributed by atoms with E-state index in [2.05, 4.69) is 29.2 Å². The molecule has 0 unspecified atom stereocenters. The van der Waals surface area contributed by atoms with Crippen LogP contribution in [0.4, 0.5) is 0 Å². The molecule has 3 heterocycles. The van der Waals surface area contributed by atoms with E-state index in [1.807, 2.05) is 0 Å². The number of furan rings is 1. The molecule has 0 saturated carbocycles. The fourth-order valence-electron chi connectivity index (χ4n) is 3.06. The molecule has 1 atom stereocenters. The molecule has 1 fully saturated rings. The summed E-state index contributed by atoms with van der Waals surface area (Å²) in [6, 6.07) is 5.50. The van der Waals surface area contributed by atoms with Gasteiger partial charge in [-0.2, -0.15) is 0 Å². The number of amides is 1. The van der Waals surface area contributed by atoms with E-state index in [0.29, 0.717) is 30.0 Å². The molecule has 0 radical (unpaired) electrons. The lowest BCUT2D eigenvalue weighted by Gasteiger charge is -2.30. The van der Waals surface area contributed by atoms with E-state index in [0.717, 1.165) is 13.1 Å². The van der Waals surface area contributed by atoms with E-state index in [1.54, 1.807) is 24.5 Å². The topological polar surface area (TPSA) is 71.5 Å². The summed E-state index contributed by atoms with van der Waals surface area (Å²) in [6.07, 6.45) is 4.04. The van der Waals surface area contributed by atoms with Gasteiger partial charge in [-0.15, -0.1) is 0 Å². The number of hydrogen-bond acceptors (Lipinski definition) is 5. The van der Waals surface area contributed by atoms with Gasteiger partial charge in [0.25, 0.3) is 5.91 Å². The highest BCUT2D eigenvalue weighted by Crippen LogP contribution is 2.21. The van der Waals surface area contributed by atoms with Gasteiger partial charge in [-0.3, -0.25) is 9.69 Å². The molecule has 2 aromatic heterocycles. The van der Waals surface area contributed by atoms with Gasteiger partial charge < -0.3 is 14.3 Å². The zero-order valence-electron chi connectivity index (χ0n) is 13.6. The number of likely N-dealkylation sites (tertiary alicyclic amines) is 1. The number of carbonyl (C=O) groups is 1. The summed E-state index contributed by atoms with van der Waals surface area (Å²) < 4.78 is 10.4. The Hall–Kier alpha value is -2.08. The van der Waals surface area contributed by atoms with Crippen LogP contribution in [0, 0.1) is 5.92 Å². The van der Waals surface area contributed by atoms with Gasteiger partial charge >= 0.3 is 0 Å². The Bertz CT molecular complexity index is 627. The molecule has 124 valence electrons. The van der Waals surface area contributed by atoms with Crippen molar-refractivity contribution < 1.29 is 13.7 Å². The van der Waals surface area contributed by atoms with Crippen molar-refractivity contribution in [1.29, 1.82) is 0 Å². The summed E-state index contributed by atoms with van der Waals surface area (Å²) in [6.45, 7) is 7.25. The maximum Gasteiger partial charge on any atom is 0.273 e. The van der Waals surface area contributed by atoms with Crippen LogP contribution in [0.5, 0.6) is 0 Å². The van der Waals surface area contributed by atoms with Gasteiger partial charge in [-0.1, -0.05) is 19.0 Å². The highest BCUT2D eigenvalue weighted by Gasteiger charge is 2.25. The largest absolute Gasteiger partial charge is 0.461 e. The molecule has 6 heteroatoms. The highest BCUT2D eigenvalue weighted by atomic mass is 16.5. The van der Waals surface area contributed by atoms with Crippen molar-refractivity contribution in [2.75, 3.05) is 19.6 Å². The first-order chi connectivity index (χ1) is 11.1. The van der Waals surface area contributed by atoms with Gasteiger partial charge in [0, 0.05) is 18.7 Å². The SMILES string of the molecule is CC(C)[C@@H](CNC(=O)c1cc(-c2ccco2)on1)N1CCCC1. The fourth-order valence-corrected chi connectivity index (χ4v) is 3.06. The molecule has 1 N–H and O–H groups in total. The first-order valence-corrected chi connectivity index (χ1v) is 8.18. The average molecular weight is 317 g/mol. The van der Waals surface area contributed by atoms with Crippen LogP contribution in [0.1, 0.15) is 37.2 Å². The lowest BCUT2D eigenvalue weighted by molar-refractivity contribution is 0.0918. The van der Waals surface area contributed by atoms with E-state index in [4.69, 9.17) is 8.94 Å². The van der Waals surface area contributed by atoms with Gasteiger partial charge in [-0.25, -0.2) is 0 Å². The van der Waals surface area contributed by atoms with Crippen molar-refractivity contribution in [3.05, 3.63) is 30.2 Å². The van der Waals surface area contributed by atoms with Crippen molar-refractivity contribution in [1.82, 2.24) is 15.4 Å². The minimum atomic E-state index is -0.212. The predicted octanol–water partition coefficient (Wildman–Crippen LogP) is 2.78. The Morgan fingerprint density at radius 1 is 1.35 bits per heavy atom. The molecule has 23 heavy (non-hydrogen) atoms. The van der Waals surface area contributed by atoms with Crippen LogP contribution in [0.15, 0.2) is 33.4 Å². The molecule has 2 aromatic rings. The van der Waals surface area contributed by atoms with Crippen molar-refractivity contribution in [2.45, 2.75) is 32.7 Å². The number of aromatic nitrogens is 1. The number of hydrogen-bond donors (Lipinski definition) is 1. The standard InChI is InChI=1S/C17H23N3O3/c1-12(2)14(20-7-3-4-8-20)11-18-17(21)13-10-16(23-19-13)15-6-5-9-22-15/h5-6,9-10,12,14H,3-4,7-8,11H2,1-2H3,(H,18,21)/t14-/m1/s1. The Morgan fingerprint density at radius 2 is 2.13 bits per heavy atom. The molecule has 0 aromatic carbocycles. The van der Waals surface area contributed by atoms with Crippen molar-refractivity contribution >= 4 is 5.91 Å². The van der Waals surface area contributed by atoms with Crippen LogP contribution in [0.2, 0.25) is 0 Å². The van der Waals surface area contributed by atoms with Crippen molar-refractivity contribution in [3.8, 4) is 11.5 Å². The molecule has 1 aliphatic heterocycles. The monoisotopic (exact) mass is 317 g/mol. The normalized spacial score (nSPS) is 16.8. The Morgan fingerprint density at radius 3 is 2.78 bits per heavy atom. The Kier molecular flexibility index (Phi) is 4.81. The van der Waals surface area contributed by atoms with Gasteiger partial charge in [-0.05, 0) is 44.0 Å². The molecule has 0 spiro atoms. The fraction of sp³-hybridized carbons (Fsp3) is 0.529. The zero-order valence-corrected chi connectivity index (χ0v) is 13.6. The van der Waals surface area contributed by atoms with Gasteiger partial charge in [0.2, 0.25) is 5.76 Å². The smallest absolute Gasteiger partial charge is 0.273 e. The van der Waals surface area contributed by atoms with Crippen LogP contribution >= 0.6 is 0 Å². The lowest BCUT2D eigenvalue weighted by atomic mass is 10.0. The first-order valence-electron chi connectivity index (χ1n) is 8.18. The summed E-state index contributed by atoms with van der Waals surface area (Å²) in [5.74, 6) is 1.30. The van der Waals surface area contributed by atoms with E-state index in [-0.39, 0.29) is 11.6 Å². The third-order valence-electron chi connectivity index (χ3n) is 4.36. The van der Waals surface area contributed by atoms with Gasteiger partial charge in [0.1, 0.15) is 0 Å². The minimum Gasteiger partial charge on any atom is -0.461 e. The predicted molar refractivity (Wildman–Crippen MR) is 86.0 cm³/mol. The quantitative estimate of drug-likeness (QED) is 0.887. The number of nitrogens with zero attached hydrogens (tertiary/aromatic N) is 2. The number of carbonyl (C=O) groups excluding carboxylic acids is 1. The highest BCUT2D eigenvalue weighted by molar-refractivity contribution is 5.92. The number of rotatable bonds is 6. The van der Waals surface area contributed by atoms with Crippen molar-refractivity contribution in [2.24, 2.45) is 5.92 Å². The maximum atomic E-state index is 12.3. The molecule has 1 saturated heterocycles. The minimum absolute atomic E-state index is 0.212. The molecule has 0 bridgehead atoms. The third-order valence-corrected chi connectivity index (χ3v) is 4.36. The maximum absolute atomic E-state index is 12.3. The third kappa shape index (κ3) is 3.64. The van der Waals surface area contributed by atoms with E-state index >= 15 is 0 Å². The van der Waals surface area contributed by atoms with Crippen LogP contribution in [-0.2, 0) is 0 Å². The lowest BCUT2D eigenvalue weighted by Crippen LogP contribution is -2.45. The molecule has 3 rings (SSSR count). The van der Waals surface area contributed by atoms with Crippen LogP contribution in [0.3, 0.4) is 0 Å². The van der Waals surface area contributed by atoms with Crippen molar-refractivity contribution in [3.63, 3.8) is 0 Å². The molecule has 6 nitrogen and oxygen atoms in total. The van der Waals surface area contributed by atoms with E-state index in [9.17, 15) is 4.79 Å². The Labute approximate surface area is 135 Å². The summed E-state index contributed by atoms with van der Waals surface area (Å²) in [5, 5.41) is 6.81. The van der Waals surface area contributed by atoms with Gasteiger partial charge in [0.05, 0.1) is 6.26 Å². The molecule has 1 aliphatic rings. The van der Waals surface area contributed by atoms with Crippen LogP contribution < -0.4 is 5.32 Å². The van der Waals surface area contributed by atoms with E-state index in [1.165, 1.54) is 12.8 Å². The first kappa shape index (κ1) is 15.8. The van der Waals surface area contributed by atoms with Crippen LogP contribution in [0.25, 0.3) is 11.5 Å². The second-order valence-electron chi connectivity index (χ2n) is 6.32. The summed E-state index contributed by atoms with van der Waals surface area (Å²) >= 11 is 0. The summed E-state index contributed by atoms with van der Waals surface area (Å²) in [5.41, 5.74) is 0.278. The van der Waals surface area contributed by atoms with Crippen LogP contribution in [-0.4, -0.2) is 41.6 Å². The second kappa shape index (κ2) is 7.00. The average Bonchev–Trinajstić information content (AvgIpc) is 3.27. The molecule has 0 aliphatic carbocycles. The second-order valence-corrected chi connectivity index (χ2v) is 6.32. The molecular formula is C17H23N3O3.